The third-order valence-corrected chi connectivity index (χ3v) is 4.30. The molecule has 3 aromatic rings. The largest absolute Gasteiger partial charge is 0.348 e. The van der Waals surface area contributed by atoms with E-state index < -0.39 is 10.8 Å². The summed E-state index contributed by atoms with van der Waals surface area (Å²) < 4.78 is 0. The highest BCUT2D eigenvalue weighted by atomic mass is 16.6. The monoisotopic (exact) mass is 389 g/mol. The van der Waals surface area contributed by atoms with Crippen LogP contribution in [0.1, 0.15) is 31.8 Å². The van der Waals surface area contributed by atoms with Crippen molar-refractivity contribution in [1.82, 2.24) is 5.32 Å². The van der Waals surface area contributed by atoms with Gasteiger partial charge in [-0.3, -0.25) is 19.7 Å². The number of amides is 2. The number of hydrogen-bond acceptors (Lipinski definition) is 4. The van der Waals surface area contributed by atoms with E-state index in [2.05, 4.69) is 10.6 Å². The van der Waals surface area contributed by atoms with Crippen LogP contribution in [0.2, 0.25) is 0 Å². The van der Waals surface area contributed by atoms with Gasteiger partial charge in [-0.2, -0.15) is 0 Å². The fraction of sp³-hybridized carbons (Fsp3) is 0.0909. The molecule has 0 bridgehead atoms. The zero-order valence-corrected chi connectivity index (χ0v) is 15.7. The minimum Gasteiger partial charge on any atom is -0.348 e. The smallest absolute Gasteiger partial charge is 0.282 e. The lowest BCUT2D eigenvalue weighted by atomic mass is 10.1. The third-order valence-electron chi connectivity index (χ3n) is 4.30. The summed E-state index contributed by atoms with van der Waals surface area (Å²) in [5.41, 5.74) is 2.71. The number of nitrogens with one attached hydrogen (secondary N) is 2. The first-order valence-electron chi connectivity index (χ1n) is 8.92. The summed E-state index contributed by atoms with van der Waals surface area (Å²) in [4.78, 5) is 35.2. The second-order valence-corrected chi connectivity index (χ2v) is 6.48. The minimum atomic E-state index is -0.587. The normalized spacial score (nSPS) is 10.2. The van der Waals surface area contributed by atoms with Gasteiger partial charge in [0.05, 0.1) is 4.92 Å². The van der Waals surface area contributed by atoms with Gasteiger partial charge in [0.25, 0.3) is 17.5 Å². The van der Waals surface area contributed by atoms with Gasteiger partial charge in [0.15, 0.2) is 0 Å². The quantitative estimate of drug-likeness (QED) is 0.490. The molecule has 3 aromatic carbocycles. The number of nitro benzene ring substituents is 1. The van der Waals surface area contributed by atoms with Crippen molar-refractivity contribution in [2.24, 2.45) is 0 Å². The zero-order chi connectivity index (χ0) is 20.8. The van der Waals surface area contributed by atoms with Crippen LogP contribution in [0.5, 0.6) is 0 Å². The molecule has 146 valence electrons. The lowest BCUT2D eigenvalue weighted by Gasteiger charge is -2.09. The zero-order valence-electron chi connectivity index (χ0n) is 15.7. The molecule has 0 atom stereocenters. The van der Waals surface area contributed by atoms with E-state index in [9.17, 15) is 19.7 Å². The molecular weight excluding hydrogens is 370 g/mol. The number of nitro groups is 1. The molecule has 2 amide bonds. The number of hydrogen-bond donors (Lipinski definition) is 2. The Labute approximate surface area is 167 Å². The molecule has 0 radical (unpaired) electrons. The van der Waals surface area contributed by atoms with Gasteiger partial charge in [-0.25, -0.2) is 0 Å². The lowest BCUT2D eigenvalue weighted by molar-refractivity contribution is -0.385. The van der Waals surface area contributed by atoms with E-state index in [1.165, 1.54) is 18.2 Å². The van der Waals surface area contributed by atoms with Gasteiger partial charge in [-0.05, 0) is 42.8 Å². The summed E-state index contributed by atoms with van der Waals surface area (Å²) in [5.74, 6) is -0.766. The molecule has 0 aliphatic heterocycles. The Morgan fingerprint density at radius 1 is 0.931 bits per heavy atom. The average molecular weight is 389 g/mol. The fourth-order valence-corrected chi connectivity index (χ4v) is 2.77. The SMILES string of the molecule is Cc1ccc(C(=O)Nc2cccc(CNC(=O)c3ccccc3[N+](=O)[O-])c2)cc1. The van der Waals surface area contributed by atoms with Crippen LogP contribution in [0.4, 0.5) is 11.4 Å². The Balaban J connectivity index is 1.66. The van der Waals surface area contributed by atoms with E-state index in [1.54, 1.807) is 42.5 Å². The van der Waals surface area contributed by atoms with E-state index in [0.29, 0.717) is 11.3 Å². The first-order chi connectivity index (χ1) is 13.9. The number of carbonyl (C=O) groups is 2. The number of nitrogens with zero attached hydrogens (tertiary/aromatic N) is 1. The van der Waals surface area contributed by atoms with Crippen LogP contribution < -0.4 is 10.6 Å². The molecule has 7 heteroatoms. The molecule has 0 fully saturated rings. The molecule has 7 nitrogen and oxygen atoms in total. The van der Waals surface area contributed by atoms with Crippen LogP contribution in [0.15, 0.2) is 72.8 Å². The summed E-state index contributed by atoms with van der Waals surface area (Å²) >= 11 is 0. The third kappa shape index (κ3) is 5.04. The highest BCUT2D eigenvalue weighted by molar-refractivity contribution is 6.04. The number of aryl methyl sites for hydroxylation is 1. The Morgan fingerprint density at radius 2 is 1.66 bits per heavy atom. The van der Waals surface area contributed by atoms with Gasteiger partial charge in [-0.15, -0.1) is 0 Å². The molecule has 0 unspecified atom stereocenters. The highest BCUT2D eigenvalue weighted by Gasteiger charge is 2.18. The van der Waals surface area contributed by atoms with Gasteiger partial charge < -0.3 is 10.6 Å². The standard InChI is InChI=1S/C22H19N3O4/c1-15-9-11-17(12-10-15)21(26)24-18-6-4-5-16(13-18)14-23-22(27)19-7-2-3-8-20(19)25(28)29/h2-13H,14H2,1H3,(H,23,27)(H,24,26). The van der Waals surface area contributed by atoms with Crippen LogP contribution in [0.25, 0.3) is 0 Å². The van der Waals surface area contributed by atoms with Gasteiger partial charge in [-0.1, -0.05) is 42.0 Å². The van der Waals surface area contributed by atoms with Crippen LogP contribution in [0, 0.1) is 17.0 Å². The Hall–Kier alpha value is -4.00. The molecule has 0 saturated carbocycles. The second kappa shape index (κ2) is 8.79. The number of anilines is 1. The Kier molecular flexibility index (Phi) is 5.99. The summed E-state index contributed by atoms with van der Waals surface area (Å²) in [5, 5.41) is 16.6. The summed E-state index contributed by atoms with van der Waals surface area (Å²) in [6.07, 6.45) is 0. The van der Waals surface area contributed by atoms with Crippen molar-refractivity contribution < 1.29 is 14.5 Å². The maximum Gasteiger partial charge on any atom is 0.282 e. The van der Waals surface area contributed by atoms with Crippen molar-refractivity contribution in [2.45, 2.75) is 13.5 Å². The van der Waals surface area contributed by atoms with Crippen molar-refractivity contribution in [1.29, 1.82) is 0 Å². The molecule has 0 spiro atoms. The number of rotatable bonds is 6. The van der Waals surface area contributed by atoms with Gasteiger partial charge >= 0.3 is 0 Å². The van der Waals surface area contributed by atoms with Crippen molar-refractivity contribution in [3.8, 4) is 0 Å². The molecule has 2 N–H and O–H groups in total. The summed E-state index contributed by atoms with van der Waals surface area (Å²) in [6.45, 7) is 2.11. The topological polar surface area (TPSA) is 101 Å². The van der Waals surface area contributed by atoms with Crippen LogP contribution in [-0.2, 0) is 6.54 Å². The number of benzene rings is 3. The van der Waals surface area contributed by atoms with Gasteiger partial charge in [0.2, 0.25) is 0 Å². The molecule has 0 aromatic heterocycles. The Morgan fingerprint density at radius 3 is 2.38 bits per heavy atom. The molecule has 3 rings (SSSR count). The van der Waals surface area contributed by atoms with Crippen LogP contribution in [0.3, 0.4) is 0 Å². The molecule has 29 heavy (non-hydrogen) atoms. The maximum atomic E-state index is 12.3. The van der Waals surface area contributed by atoms with E-state index in [-0.39, 0.29) is 23.7 Å². The van der Waals surface area contributed by atoms with Crippen molar-refractivity contribution in [3.63, 3.8) is 0 Å². The predicted octanol–water partition coefficient (Wildman–Crippen LogP) is 4.09. The maximum absolute atomic E-state index is 12.3. The Bertz CT molecular complexity index is 1060. The highest BCUT2D eigenvalue weighted by Crippen LogP contribution is 2.18. The van der Waals surface area contributed by atoms with E-state index in [4.69, 9.17) is 0 Å². The van der Waals surface area contributed by atoms with Gasteiger partial charge in [0.1, 0.15) is 5.56 Å². The first kappa shape index (κ1) is 19.8. The molecule has 0 aliphatic carbocycles. The van der Waals surface area contributed by atoms with Crippen molar-refractivity contribution in [2.75, 3.05) is 5.32 Å². The molecular formula is C22H19N3O4. The lowest BCUT2D eigenvalue weighted by Crippen LogP contribution is -2.23. The molecule has 0 heterocycles. The summed E-state index contributed by atoms with van der Waals surface area (Å²) in [7, 11) is 0. The minimum absolute atomic E-state index is 0.00123. The average Bonchev–Trinajstić information content (AvgIpc) is 2.72. The van der Waals surface area contributed by atoms with Crippen molar-refractivity contribution in [3.05, 3.63) is 105 Å². The number of carbonyl (C=O) groups excluding carboxylic acids is 2. The predicted molar refractivity (Wildman–Crippen MR) is 110 cm³/mol. The fourth-order valence-electron chi connectivity index (χ4n) is 2.77. The van der Waals surface area contributed by atoms with Crippen LogP contribution in [-0.4, -0.2) is 16.7 Å². The molecule has 0 aliphatic rings. The van der Waals surface area contributed by atoms with E-state index in [1.807, 2.05) is 19.1 Å². The van der Waals surface area contributed by atoms with E-state index in [0.717, 1.165) is 11.1 Å². The van der Waals surface area contributed by atoms with Crippen LogP contribution >= 0.6 is 0 Å². The van der Waals surface area contributed by atoms with Crippen molar-refractivity contribution >= 4 is 23.2 Å². The number of para-hydroxylation sites is 1. The molecule has 0 saturated heterocycles. The summed E-state index contributed by atoms with van der Waals surface area (Å²) in [6, 6.07) is 20.1. The first-order valence-corrected chi connectivity index (χ1v) is 8.92. The second-order valence-electron chi connectivity index (χ2n) is 6.48. The van der Waals surface area contributed by atoms with Gasteiger partial charge in [0, 0.05) is 23.9 Å². The van der Waals surface area contributed by atoms with E-state index >= 15 is 0 Å².